The number of hydrogen-bond acceptors (Lipinski definition) is 7. The molecule has 21 heavy (non-hydrogen) atoms. The Hall–Kier alpha value is -1.70. The second-order valence-electron chi connectivity index (χ2n) is 4.98. The smallest absolute Gasteiger partial charge is 0.231 e. The van der Waals surface area contributed by atoms with Crippen molar-refractivity contribution in [2.24, 2.45) is 0 Å². The van der Waals surface area contributed by atoms with Crippen LogP contribution in [-0.4, -0.2) is 53.4 Å². The predicted octanol–water partition coefficient (Wildman–Crippen LogP) is 0.863. The molecule has 0 aliphatic rings. The zero-order chi connectivity index (χ0) is 15.4. The largest absolute Gasteiger partial charge is 0.443 e. The summed E-state index contributed by atoms with van der Waals surface area (Å²) in [6.07, 6.45) is 0. The van der Waals surface area contributed by atoms with Gasteiger partial charge in [-0.15, -0.1) is 0 Å². The summed E-state index contributed by atoms with van der Waals surface area (Å²) in [7, 11) is 1.64. The van der Waals surface area contributed by atoms with Crippen molar-refractivity contribution >= 4 is 16.9 Å². The molecule has 0 radical (unpaired) electrons. The Morgan fingerprint density at radius 2 is 2.05 bits per heavy atom. The van der Waals surface area contributed by atoms with E-state index in [1.165, 1.54) is 0 Å². The molecule has 0 aliphatic carbocycles. The maximum absolute atomic E-state index is 9.11. The molecule has 0 saturated carbocycles. The van der Waals surface area contributed by atoms with E-state index in [1.807, 2.05) is 18.7 Å². The molecule has 3 N–H and O–H groups in total. The van der Waals surface area contributed by atoms with Crippen molar-refractivity contribution < 1.29 is 14.3 Å². The second-order valence-corrected chi connectivity index (χ2v) is 4.98. The fourth-order valence-corrected chi connectivity index (χ4v) is 2.23. The summed E-state index contributed by atoms with van der Waals surface area (Å²) in [6, 6.07) is 0. The molecule has 0 fully saturated rings. The minimum atomic E-state index is 0.0699. The maximum atomic E-state index is 9.11. The molecule has 0 spiro atoms. The van der Waals surface area contributed by atoms with Crippen molar-refractivity contribution in [3.63, 3.8) is 0 Å². The van der Waals surface area contributed by atoms with Gasteiger partial charge < -0.3 is 20.0 Å². The maximum Gasteiger partial charge on any atom is 0.231 e. The highest BCUT2D eigenvalue weighted by Crippen LogP contribution is 2.27. The van der Waals surface area contributed by atoms with Crippen LogP contribution in [0.4, 0.5) is 5.82 Å². The van der Waals surface area contributed by atoms with Gasteiger partial charge in [-0.1, -0.05) is 0 Å². The van der Waals surface area contributed by atoms with E-state index in [1.54, 1.807) is 7.11 Å². The Balaban J connectivity index is 2.25. The highest BCUT2D eigenvalue weighted by atomic mass is 16.5. The number of aromatic nitrogens is 2. The van der Waals surface area contributed by atoms with Crippen molar-refractivity contribution in [2.45, 2.75) is 20.4 Å². The average Bonchev–Trinajstić information content (AvgIpc) is 2.72. The zero-order valence-electron chi connectivity index (χ0n) is 12.7. The van der Waals surface area contributed by atoms with Crippen LogP contribution >= 0.6 is 0 Å². The highest BCUT2D eigenvalue weighted by molar-refractivity contribution is 5.88. The van der Waals surface area contributed by atoms with Gasteiger partial charge in [0.1, 0.15) is 17.4 Å². The molecule has 0 aliphatic heterocycles. The van der Waals surface area contributed by atoms with E-state index in [-0.39, 0.29) is 6.61 Å². The first-order valence-corrected chi connectivity index (χ1v) is 6.91. The number of rotatable bonds is 7. The predicted molar refractivity (Wildman–Crippen MR) is 79.9 cm³/mol. The molecule has 2 aromatic heterocycles. The van der Waals surface area contributed by atoms with Crippen LogP contribution in [0.25, 0.3) is 11.1 Å². The van der Waals surface area contributed by atoms with Crippen molar-refractivity contribution in [3.05, 3.63) is 17.1 Å². The third-order valence-corrected chi connectivity index (χ3v) is 3.50. The summed E-state index contributed by atoms with van der Waals surface area (Å²) in [5.74, 6) is 1.81. The first-order chi connectivity index (χ1) is 10.1. The number of nitrogens with zero attached hydrogens (tertiary/aromatic N) is 3. The number of methoxy groups -OCH3 is 1. The number of nitrogens with two attached hydrogens (primary N) is 1. The summed E-state index contributed by atoms with van der Waals surface area (Å²) in [6.45, 7) is 6.18. The fraction of sp³-hybridized carbons (Fsp3) is 0.571. The number of ether oxygens (including phenoxy) is 1. The molecule has 116 valence electrons. The van der Waals surface area contributed by atoms with E-state index in [0.717, 1.165) is 16.7 Å². The van der Waals surface area contributed by atoms with E-state index in [4.69, 9.17) is 20.0 Å². The molecular formula is C14H22N4O3. The molecule has 0 unspecified atom stereocenters. The minimum absolute atomic E-state index is 0.0699. The number of furan rings is 1. The summed E-state index contributed by atoms with van der Waals surface area (Å²) in [4.78, 5) is 10.8. The number of fused-ring (bicyclic) bond motifs is 1. The first-order valence-electron chi connectivity index (χ1n) is 6.91. The molecule has 2 aromatic rings. The van der Waals surface area contributed by atoms with Crippen LogP contribution in [0.2, 0.25) is 0 Å². The summed E-state index contributed by atoms with van der Waals surface area (Å²) in [5, 5.41) is 9.89. The standard InChI is InChI=1S/C14H22N4O3/c1-9-10(2)21-14-12(9)13(15)16-11(17-14)8-18(4-6-19)5-7-20-3/h19H,4-8H2,1-3H3,(H2,15,16,17). The SMILES string of the molecule is COCCN(CCO)Cc1nc(N)c2c(C)c(C)oc2n1. The average molecular weight is 294 g/mol. The van der Waals surface area contributed by atoms with Crippen LogP contribution in [0.15, 0.2) is 4.42 Å². The number of aliphatic hydroxyl groups excluding tert-OH is 1. The lowest BCUT2D eigenvalue weighted by molar-refractivity contribution is 0.125. The summed E-state index contributed by atoms with van der Waals surface area (Å²) in [5.41, 5.74) is 7.51. The molecule has 0 aromatic carbocycles. The number of aryl methyl sites for hydroxylation is 2. The van der Waals surface area contributed by atoms with Crippen molar-refractivity contribution in [2.75, 3.05) is 39.1 Å². The lowest BCUT2D eigenvalue weighted by Crippen LogP contribution is -2.30. The quantitative estimate of drug-likeness (QED) is 0.781. The van der Waals surface area contributed by atoms with Crippen LogP contribution in [-0.2, 0) is 11.3 Å². The van der Waals surface area contributed by atoms with Crippen LogP contribution in [0.1, 0.15) is 17.1 Å². The van der Waals surface area contributed by atoms with E-state index >= 15 is 0 Å². The number of hydrogen-bond donors (Lipinski definition) is 2. The van der Waals surface area contributed by atoms with Crippen LogP contribution in [0, 0.1) is 13.8 Å². The Morgan fingerprint density at radius 3 is 2.71 bits per heavy atom. The molecule has 0 atom stereocenters. The lowest BCUT2D eigenvalue weighted by atomic mass is 10.2. The van der Waals surface area contributed by atoms with E-state index in [9.17, 15) is 0 Å². The van der Waals surface area contributed by atoms with Crippen LogP contribution in [0.5, 0.6) is 0 Å². The molecule has 0 bridgehead atoms. The fourth-order valence-electron chi connectivity index (χ4n) is 2.23. The van der Waals surface area contributed by atoms with Crippen LogP contribution in [0.3, 0.4) is 0 Å². The Morgan fingerprint density at radius 1 is 1.29 bits per heavy atom. The topological polar surface area (TPSA) is 97.6 Å². The van der Waals surface area contributed by atoms with Crippen molar-refractivity contribution in [1.82, 2.24) is 14.9 Å². The lowest BCUT2D eigenvalue weighted by Gasteiger charge is -2.19. The Kier molecular flexibility index (Phi) is 5.11. The van der Waals surface area contributed by atoms with Gasteiger partial charge in [-0.25, -0.2) is 4.98 Å². The minimum Gasteiger partial charge on any atom is -0.443 e. The normalized spacial score (nSPS) is 11.7. The molecule has 2 heterocycles. The van der Waals surface area contributed by atoms with Gasteiger partial charge in [0.2, 0.25) is 5.71 Å². The molecule has 7 heteroatoms. The Bertz CT molecular complexity index is 612. The van der Waals surface area contributed by atoms with Crippen molar-refractivity contribution in [3.8, 4) is 0 Å². The summed E-state index contributed by atoms with van der Waals surface area (Å²) < 4.78 is 10.7. The zero-order valence-corrected chi connectivity index (χ0v) is 12.7. The van der Waals surface area contributed by atoms with E-state index in [0.29, 0.717) is 43.6 Å². The third kappa shape index (κ3) is 3.49. The van der Waals surface area contributed by atoms with Gasteiger partial charge in [0.25, 0.3) is 0 Å². The summed E-state index contributed by atoms with van der Waals surface area (Å²) >= 11 is 0. The number of aliphatic hydroxyl groups is 1. The number of nitrogen functional groups attached to an aromatic ring is 1. The van der Waals surface area contributed by atoms with E-state index < -0.39 is 0 Å². The van der Waals surface area contributed by atoms with Crippen molar-refractivity contribution in [1.29, 1.82) is 0 Å². The van der Waals surface area contributed by atoms with E-state index in [2.05, 4.69) is 9.97 Å². The van der Waals surface area contributed by atoms with Gasteiger partial charge in [0.05, 0.1) is 25.1 Å². The van der Waals surface area contributed by atoms with Gasteiger partial charge in [-0.3, -0.25) is 4.90 Å². The molecule has 7 nitrogen and oxygen atoms in total. The van der Waals surface area contributed by atoms with Gasteiger partial charge in [0.15, 0.2) is 0 Å². The monoisotopic (exact) mass is 294 g/mol. The molecule has 0 amide bonds. The second kappa shape index (κ2) is 6.84. The van der Waals surface area contributed by atoms with Gasteiger partial charge in [-0.2, -0.15) is 4.98 Å². The van der Waals surface area contributed by atoms with Crippen LogP contribution < -0.4 is 5.73 Å². The third-order valence-electron chi connectivity index (χ3n) is 3.50. The highest BCUT2D eigenvalue weighted by Gasteiger charge is 2.15. The molecule has 0 saturated heterocycles. The Labute approximate surface area is 123 Å². The van der Waals surface area contributed by atoms with Gasteiger partial charge in [-0.05, 0) is 13.8 Å². The number of anilines is 1. The van der Waals surface area contributed by atoms with Gasteiger partial charge >= 0.3 is 0 Å². The molecule has 2 rings (SSSR count). The first kappa shape index (κ1) is 15.7. The molecular weight excluding hydrogens is 272 g/mol. The van der Waals surface area contributed by atoms with Gasteiger partial charge in [0, 0.05) is 25.8 Å².